The van der Waals surface area contributed by atoms with Gasteiger partial charge in [0.25, 0.3) is 5.91 Å². The molecule has 2 saturated heterocycles. The summed E-state index contributed by atoms with van der Waals surface area (Å²) in [6.45, 7) is 4.65. The smallest absolute Gasteiger partial charge is 0.251 e. The third kappa shape index (κ3) is 4.22. The third-order valence-electron chi connectivity index (χ3n) is 5.02. The van der Waals surface area contributed by atoms with E-state index in [2.05, 4.69) is 10.6 Å². The van der Waals surface area contributed by atoms with Crippen LogP contribution in [-0.4, -0.2) is 50.9 Å². The van der Waals surface area contributed by atoms with Gasteiger partial charge in [-0.25, -0.2) is 8.42 Å². The lowest BCUT2D eigenvalue weighted by Crippen LogP contribution is -2.45. The van der Waals surface area contributed by atoms with Gasteiger partial charge in [0, 0.05) is 31.2 Å². The van der Waals surface area contributed by atoms with E-state index in [0.29, 0.717) is 24.2 Å². The van der Waals surface area contributed by atoms with Crippen molar-refractivity contribution in [2.75, 3.05) is 26.2 Å². The number of hydrogen-bond donors (Lipinski definition) is 2. The predicted octanol–water partition coefficient (Wildman–Crippen LogP) is 1.65. The van der Waals surface area contributed by atoms with E-state index < -0.39 is 10.0 Å². The summed E-state index contributed by atoms with van der Waals surface area (Å²) in [6.07, 6.45) is 4.85. The molecule has 0 aromatic heterocycles. The second kappa shape index (κ2) is 7.85. The number of hydrogen-bond acceptors (Lipinski definition) is 4. The lowest BCUT2D eigenvalue weighted by molar-refractivity contribution is 0.0930. The van der Waals surface area contributed by atoms with Gasteiger partial charge in [-0.1, -0.05) is 12.5 Å². The minimum Gasteiger partial charge on any atom is -0.348 e. The van der Waals surface area contributed by atoms with E-state index in [9.17, 15) is 13.2 Å². The summed E-state index contributed by atoms with van der Waals surface area (Å²) in [5.41, 5.74) is 1.09. The molecule has 2 N–H and O–H groups in total. The molecule has 2 aliphatic heterocycles. The molecule has 0 unspecified atom stereocenters. The van der Waals surface area contributed by atoms with Crippen molar-refractivity contribution in [3.05, 3.63) is 29.3 Å². The summed E-state index contributed by atoms with van der Waals surface area (Å²) in [6, 6.07) is 5.07. The normalized spacial score (nSPS) is 22.5. The van der Waals surface area contributed by atoms with Crippen LogP contribution in [0.4, 0.5) is 0 Å². The SMILES string of the molecule is Cc1ccc(C(=O)N[C@H]2CCCNC2)cc1S(=O)(=O)N1CCCCC1. The van der Waals surface area contributed by atoms with Gasteiger partial charge in [0.2, 0.25) is 10.0 Å². The standard InChI is InChI=1S/C18H27N3O3S/c1-14-7-8-15(18(22)20-16-6-5-9-19-13-16)12-17(14)25(23,24)21-10-3-2-4-11-21/h7-8,12,16,19H,2-6,9-11,13H2,1H3,(H,20,22)/t16-/m0/s1. The molecule has 3 rings (SSSR count). The number of nitrogens with one attached hydrogen (secondary N) is 2. The molecule has 6 nitrogen and oxygen atoms in total. The summed E-state index contributed by atoms with van der Waals surface area (Å²) in [4.78, 5) is 12.8. The van der Waals surface area contributed by atoms with E-state index in [4.69, 9.17) is 0 Å². The Morgan fingerprint density at radius 2 is 1.96 bits per heavy atom. The van der Waals surface area contributed by atoms with Gasteiger partial charge in [-0.15, -0.1) is 0 Å². The number of rotatable bonds is 4. The van der Waals surface area contributed by atoms with Gasteiger partial charge in [-0.05, 0) is 56.8 Å². The Hall–Kier alpha value is -1.44. The van der Waals surface area contributed by atoms with E-state index in [1.165, 1.54) is 6.07 Å². The second-order valence-corrected chi connectivity index (χ2v) is 8.87. The van der Waals surface area contributed by atoms with Crippen LogP contribution in [0.2, 0.25) is 0 Å². The van der Waals surface area contributed by atoms with E-state index >= 15 is 0 Å². The Morgan fingerprint density at radius 3 is 2.64 bits per heavy atom. The zero-order valence-electron chi connectivity index (χ0n) is 14.8. The van der Waals surface area contributed by atoms with Gasteiger partial charge in [-0.2, -0.15) is 4.31 Å². The molecule has 0 radical (unpaired) electrons. The van der Waals surface area contributed by atoms with Gasteiger partial charge in [0.1, 0.15) is 0 Å². The van der Waals surface area contributed by atoms with Crippen LogP contribution in [0.15, 0.2) is 23.1 Å². The predicted molar refractivity (Wildman–Crippen MR) is 97.1 cm³/mol. The summed E-state index contributed by atoms with van der Waals surface area (Å²) < 4.78 is 27.5. The number of piperidine rings is 2. The summed E-state index contributed by atoms with van der Waals surface area (Å²) in [5, 5.41) is 6.27. The number of aryl methyl sites for hydroxylation is 1. The Bertz CT molecular complexity index is 721. The van der Waals surface area contributed by atoms with Crippen LogP contribution in [0.5, 0.6) is 0 Å². The molecule has 0 saturated carbocycles. The van der Waals surface area contributed by atoms with Crippen LogP contribution in [0.25, 0.3) is 0 Å². The van der Waals surface area contributed by atoms with Crippen LogP contribution in [0.1, 0.15) is 48.0 Å². The fraction of sp³-hybridized carbons (Fsp3) is 0.611. The number of carbonyl (C=O) groups is 1. The first-order chi connectivity index (χ1) is 12.0. The molecule has 1 aromatic rings. The molecule has 25 heavy (non-hydrogen) atoms. The maximum atomic E-state index is 13.0. The highest BCUT2D eigenvalue weighted by molar-refractivity contribution is 7.89. The van der Waals surface area contributed by atoms with Crippen molar-refractivity contribution in [3.63, 3.8) is 0 Å². The zero-order chi connectivity index (χ0) is 17.9. The van der Waals surface area contributed by atoms with Gasteiger partial charge < -0.3 is 10.6 Å². The number of carbonyl (C=O) groups excluding carboxylic acids is 1. The summed E-state index contributed by atoms with van der Waals surface area (Å²) >= 11 is 0. The highest BCUT2D eigenvalue weighted by atomic mass is 32.2. The maximum Gasteiger partial charge on any atom is 0.251 e. The van der Waals surface area contributed by atoms with E-state index in [0.717, 1.165) is 45.2 Å². The highest BCUT2D eigenvalue weighted by Gasteiger charge is 2.28. The van der Waals surface area contributed by atoms with Crippen LogP contribution in [0, 0.1) is 6.92 Å². The molecule has 1 amide bonds. The van der Waals surface area contributed by atoms with Crippen LogP contribution in [0.3, 0.4) is 0 Å². The molecular weight excluding hydrogens is 338 g/mol. The van der Waals surface area contributed by atoms with Crippen molar-refractivity contribution in [2.45, 2.75) is 50.0 Å². The molecule has 138 valence electrons. The lowest BCUT2D eigenvalue weighted by atomic mass is 10.1. The van der Waals surface area contributed by atoms with Crippen LogP contribution >= 0.6 is 0 Å². The molecule has 1 aromatic carbocycles. The van der Waals surface area contributed by atoms with Crippen molar-refractivity contribution < 1.29 is 13.2 Å². The van der Waals surface area contributed by atoms with E-state index in [1.54, 1.807) is 23.4 Å². The number of amides is 1. The largest absolute Gasteiger partial charge is 0.348 e. The Morgan fingerprint density at radius 1 is 1.20 bits per heavy atom. The molecule has 1 atom stereocenters. The van der Waals surface area contributed by atoms with Crippen molar-refractivity contribution in [1.82, 2.24) is 14.9 Å². The first-order valence-corrected chi connectivity index (χ1v) is 10.5. The maximum absolute atomic E-state index is 13.0. The fourth-order valence-corrected chi connectivity index (χ4v) is 5.28. The molecule has 0 spiro atoms. The Balaban J connectivity index is 1.81. The Labute approximate surface area is 150 Å². The number of nitrogens with zero attached hydrogens (tertiary/aromatic N) is 1. The minimum atomic E-state index is -3.54. The van der Waals surface area contributed by atoms with Gasteiger partial charge >= 0.3 is 0 Å². The fourth-order valence-electron chi connectivity index (χ4n) is 3.51. The molecule has 2 fully saturated rings. The first-order valence-electron chi connectivity index (χ1n) is 9.11. The lowest BCUT2D eigenvalue weighted by Gasteiger charge is -2.27. The summed E-state index contributed by atoms with van der Waals surface area (Å²) in [7, 11) is -3.54. The third-order valence-corrected chi connectivity index (χ3v) is 7.06. The van der Waals surface area contributed by atoms with Crippen molar-refractivity contribution in [1.29, 1.82) is 0 Å². The average molecular weight is 365 g/mol. The summed E-state index contributed by atoms with van der Waals surface area (Å²) in [5.74, 6) is -0.205. The van der Waals surface area contributed by atoms with E-state index in [-0.39, 0.29) is 16.8 Å². The topological polar surface area (TPSA) is 78.5 Å². The molecule has 0 bridgehead atoms. The van der Waals surface area contributed by atoms with Crippen molar-refractivity contribution >= 4 is 15.9 Å². The first kappa shape index (κ1) is 18.4. The van der Waals surface area contributed by atoms with Gasteiger partial charge in [0.05, 0.1) is 4.90 Å². The highest BCUT2D eigenvalue weighted by Crippen LogP contribution is 2.24. The molecule has 2 heterocycles. The van der Waals surface area contributed by atoms with Crippen molar-refractivity contribution in [2.24, 2.45) is 0 Å². The van der Waals surface area contributed by atoms with Crippen LogP contribution in [-0.2, 0) is 10.0 Å². The molecule has 0 aliphatic carbocycles. The molecule has 2 aliphatic rings. The number of sulfonamides is 1. The Kier molecular flexibility index (Phi) is 5.76. The van der Waals surface area contributed by atoms with Crippen LogP contribution < -0.4 is 10.6 Å². The quantitative estimate of drug-likeness (QED) is 0.850. The van der Waals surface area contributed by atoms with Crippen molar-refractivity contribution in [3.8, 4) is 0 Å². The second-order valence-electron chi connectivity index (χ2n) is 6.96. The monoisotopic (exact) mass is 365 g/mol. The van der Waals surface area contributed by atoms with Gasteiger partial charge in [-0.3, -0.25) is 4.79 Å². The van der Waals surface area contributed by atoms with E-state index in [1.807, 2.05) is 0 Å². The zero-order valence-corrected chi connectivity index (χ0v) is 15.6. The minimum absolute atomic E-state index is 0.102. The van der Waals surface area contributed by atoms with Gasteiger partial charge in [0.15, 0.2) is 0 Å². The molecular formula is C18H27N3O3S. The average Bonchev–Trinajstić information content (AvgIpc) is 2.63. The molecule has 7 heteroatoms. The number of benzene rings is 1.